The minimum Gasteiger partial charge on any atom is -0.358 e. The standard InChI is InChI=1S/C17H12F2N4O/c18-10-6-11-15(13(19)7-10)21-16(22-17(11)24)12-8-20-23-14(12)9-4-2-1-3-5-9/h1-8,16,21H,(H,20,23)(H,22,24). The van der Waals surface area contributed by atoms with Gasteiger partial charge >= 0.3 is 0 Å². The Labute approximate surface area is 135 Å². The van der Waals surface area contributed by atoms with E-state index in [1.54, 1.807) is 6.20 Å². The van der Waals surface area contributed by atoms with Gasteiger partial charge in [0.15, 0.2) is 0 Å². The molecule has 1 amide bonds. The molecule has 1 unspecified atom stereocenters. The van der Waals surface area contributed by atoms with Crippen molar-refractivity contribution in [2.24, 2.45) is 0 Å². The summed E-state index contributed by atoms with van der Waals surface area (Å²) in [7, 11) is 0. The smallest absolute Gasteiger partial charge is 0.255 e. The van der Waals surface area contributed by atoms with Gasteiger partial charge in [-0.3, -0.25) is 9.89 Å². The molecule has 1 aromatic heterocycles. The van der Waals surface area contributed by atoms with Crippen LogP contribution in [-0.2, 0) is 0 Å². The van der Waals surface area contributed by atoms with Crippen molar-refractivity contribution in [2.45, 2.75) is 6.17 Å². The molecule has 0 saturated carbocycles. The fourth-order valence-corrected chi connectivity index (χ4v) is 2.79. The summed E-state index contributed by atoms with van der Waals surface area (Å²) in [6.07, 6.45) is 0.881. The van der Waals surface area contributed by atoms with Crippen LogP contribution in [0.4, 0.5) is 14.5 Å². The number of carbonyl (C=O) groups is 1. The average molecular weight is 326 g/mol. The molecule has 3 N–H and O–H groups in total. The lowest BCUT2D eigenvalue weighted by atomic mass is 10.0. The first kappa shape index (κ1) is 14.4. The zero-order chi connectivity index (χ0) is 16.7. The van der Waals surface area contributed by atoms with E-state index in [4.69, 9.17) is 0 Å². The number of anilines is 1. The van der Waals surface area contributed by atoms with Crippen molar-refractivity contribution in [1.82, 2.24) is 15.5 Å². The van der Waals surface area contributed by atoms with Gasteiger partial charge in [-0.2, -0.15) is 5.10 Å². The second kappa shape index (κ2) is 5.45. The molecule has 0 bridgehead atoms. The summed E-state index contributed by atoms with van der Waals surface area (Å²) in [5, 5.41) is 12.5. The molecular weight excluding hydrogens is 314 g/mol. The van der Waals surface area contributed by atoms with Crippen molar-refractivity contribution in [3.05, 3.63) is 71.4 Å². The molecule has 1 atom stereocenters. The van der Waals surface area contributed by atoms with Crippen LogP contribution >= 0.6 is 0 Å². The molecule has 7 heteroatoms. The van der Waals surface area contributed by atoms with E-state index in [2.05, 4.69) is 20.8 Å². The molecule has 1 aliphatic heterocycles. The largest absolute Gasteiger partial charge is 0.358 e. The third-order valence-corrected chi connectivity index (χ3v) is 3.91. The minimum absolute atomic E-state index is 0.0228. The van der Waals surface area contributed by atoms with Crippen LogP contribution in [0, 0.1) is 11.6 Å². The Morgan fingerprint density at radius 1 is 1.04 bits per heavy atom. The van der Waals surface area contributed by atoms with Gasteiger partial charge in [-0.25, -0.2) is 8.78 Å². The first-order valence-electron chi connectivity index (χ1n) is 7.28. The van der Waals surface area contributed by atoms with E-state index in [1.807, 2.05) is 30.3 Å². The summed E-state index contributed by atoms with van der Waals surface area (Å²) in [6.45, 7) is 0. The Morgan fingerprint density at radius 3 is 2.62 bits per heavy atom. The molecule has 120 valence electrons. The summed E-state index contributed by atoms with van der Waals surface area (Å²) in [5.41, 5.74) is 2.16. The van der Waals surface area contributed by atoms with Gasteiger partial charge in [0.05, 0.1) is 23.1 Å². The monoisotopic (exact) mass is 326 g/mol. The number of rotatable bonds is 2. The minimum atomic E-state index is -0.811. The number of H-pyrrole nitrogens is 1. The van der Waals surface area contributed by atoms with Crippen LogP contribution in [-0.4, -0.2) is 16.1 Å². The Balaban J connectivity index is 1.76. The van der Waals surface area contributed by atoms with Crippen LogP contribution in [0.1, 0.15) is 22.1 Å². The number of hydrogen-bond acceptors (Lipinski definition) is 3. The number of aromatic nitrogens is 2. The fraction of sp³-hybridized carbons (Fsp3) is 0.0588. The summed E-state index contributed by atoms with van der Waals surface area (Å²) in [4.78, 5) is 12.2. The number of halogens is 2. The first-order chi connectivity index (χ1) is 11.6. The van der Waals surface area contributed by atoms with Gasteiger partial charge < -0.3 is 10.6 Å². The second-order valence-electron chi connectivity index (χ2n) is 5.43. The molecule has 5 nitrogen and oxygen atoms in total. The first-order valence-corrected chi connectivity index (χ1v) is 7.28. The highest BCUT2D eigenvalue weighted by Crippen LogP contribution is 2.33. The molecule has 4 rings (SSSR count). The normalized spacial score (nSPS) is 16.2. The van der Waals surface area contributed by atoms with E-state index in [0.717, 1.165) is 17.7 Å². The number of nitrogens with zero attached hydrogens (tertiary/aromatic N) is 1. The number of benzene rings is 2. The SMILES string of the molecule is O=C1NC(c2cn[nH]c2-c2ccccc2)Nc2c(F)cc(F)cc21. The summed E-state index contributed by atoms with van der Waals surface area (Å²) < 4.78 is 27.4. The number of nitrogens with one attached hydrogen (secondary N) is 3. The van der Waals surface area contributed by atoms with Gasteiger partial charge in [0, 0.05) is 11.6 Å². The molecule has 0 spiro atoms. The molecular formula is C17H12F2N4O. The Kier molecular flexibility index (Phi) is 3.26. The van der Waals surface area contributed by atoms with E-state index in [0.29, 0.717) is 11.3 Å². The average Bonchev–Trinajstić information content (AvgIpc) is 3.06. The maximum Gasteiger partial charge on any atom is 0.255 e. The lowest BCUT2D eigenvalue weighted by Gasteiger charge is -2.28. The van der Waals surface area contributed by atoms with Crippen LogP contribution in [0.2, 0.25) is 0 Å². The zero-order valence-electron chi connectivity index (χ0n) is 12.3. The van der Waals surface area contributed by atoms with Crippen LogP contribution < -0.4 is 10.6 Å². The van der Waals surface area contributed by atoms with E-state index < -0.39 is 23.7 Å². The number of hydrogen-bond donors (Lipinski definition) is 3. The van der Waals surface area contributed by atoms with Crippen molar-refractivity contribution >= 4 is 11.6 Å². The molecule has 3 aromatic rings. The molecule has 0 aliphatic carbocycles. The lowest BCUT2D eigenvalue weighted by molar-refractivity contribution is 0.0934. The van der Waals surface area contributed by atoms with Gasteiger partial charge in [-0.05, 0) is 11.6 Å². The van der Waals surface area contributed by atoms with Crippen molar-refractivity contribution < 1.29 is 13.6 Å². The highest BCUT2D eigenvalue weighted by Gasteiger charge is 2.30. The van der Waals surface area contributed by atoms with Gasteiger partial charge in [0.25, 0.3) is 5.91 Å². The summed E-state index contributed by atoms with van der Waals surface area (Å²) >= 11 is 0. The van der Waals surface area contributed by atoms with Crippen molar-refractivity contribution in [2.75, 3.05) is 5.32 Å². The van der Waals surface area contributed by atoms with E-state index >= 15 is 0 Å². The fourth-order valence-electron chi connectivity index (χ4n) is 2.79. The van der Waals surface area contributed by atoms with Crippen LogP contribution in [0.3, 0.4) is 0 Å². The maximum absolute atomic E-state index is 14.0. The van der Waals surface area contributed by atoms with Gasteiger partial charge in [-0.15, -0.1) is 0 Å². The van der Waals surface area contributed by atoms with Crippen LogP contribution in [0.25, 0.3) is 11.3 Å². The third kappa shape index (κ3) is 2.30. The maximum atomic E-state index is 14.0. The van der Waals surface area contributed by atoms with E-state index in [-0.39, 0.29) is 11.3 Å². The quantitative estimate of drug-likeness (QED) is 0.677. The van der Waals surface area contributed by atoms with Crippen LogP contribution in [0.15, 0.2) is 48.7 Å². The Bertz CT molecular complexity index is 924. The number of aromatic amines is 1. The second-order valence-corrected chi connectivity index (χ2v) is 5.43. The Morgan fingerprint density at radius 2 is 1.83 bits per heavy atom. The van der Waals surface area contributed by atoms with Crippen molar-refractivity contribution in [3.63, 3.8) is 0 Å². The highest BCUT2D eigenvalue weighted by molar-refractivity contribution is 6.02. The topological polar surface area (TPSA) is 69.8 Å². The highest BCUT2D eigenvalue weighted by atomic mass is 19.1. The van der Waals surface area contributed by atoms with E-state index in [1.165, 1.54) is 0 Å². The third-order valence-electron chi connectivity index (χ3n) is 3.91. The number of fused-ring (bicyclic) bond motifs is 1. The summed E-state index contributed by atoms with van der Waals surface area (Å²) in [5.74, 6) is -2.16. The molecule has 2 aromatic carbocycles. The molecule has 2 heterocycles. The van der Waals surface area contributed by atoms with Gasteiger partial charge in [0.1, 0.15) is 17.8 Å². The van der Waals surface area contributed by atoms with Gasteiger partial charge in [-0.1, -0.05) is 30.3 Å². The summed E-state index contributed by atoms with van der Waals surface area (Å²) in [6, 6.07) is 11.2. The predicted molar refractivity (Wildman–Crippen MR) is 84.2 cm³/mol. The number of carbonyl (C=O) groups excluding carboxylic acids is 1. The lowest BCUT2D eigenvalue weighted by Crippen LogP contribution is -2.39. The molecule has 0 radical (unpaired) electrons. The van der Waals surface area contributed by atoms with Crippen molar-refractivity contribution in [1.29, 1.82) is 0 Å². The Hall–Kier alpha value is -3.22. The zero-order valence-corrected chi connectivity index (χ0v) is 12.3. The van der Waals surface area contributed by atoms with Crippen molar-refractivity contribution in [3.8, 4) is 11.3 Å². The van der Waals surface area contributed by atoms with E-state index in [9.17, 15) is 13.6 Å². The predicted octanol–water partition coefficient (Wildman–Crippen LogP) is 3.21. The molecule has 1 aliphatic rings. The van der Waals surface area contributed by atoms with Gasteiger partial charge in [0.2, 0.25) is 0 Å². The molecule has 24 heavy (non-hydrogen) atoms. The van der Waals surface area contributed by atoms with Crippen LogP contribution in [0.5, 0.6) is 0 Å². The molecule has 0 saturated heterocycles. The molecule has 0 fully saturated rings. The number of amides is 1.